The summed E-state index contributed by atoms with van der Waals surface area (Å²) in [5.41, 5.74) is 6.93. The van der Waals surface area contributed by atoms with E-state index in [-0.39, 0.29) is 24.4 Å². The van der Waals surface area contributed by atoms with Crippen LogP contribution >= 0.6 is 11.6 Å². The highest BCUT2D eigenvalue weighted by atomic mass is 35.5. The number of ether oxygens (including phenoxy) is 2. The van der Waals surface area contributed by atoms with E-state index in [1.807, 2.05) is 6.92 Å². The minimum atomic E-state index is -4.91. The molecule has 196 valence electrons. The number of nitrogens with zero attached hydrogens (tertiary/aromatic N) is 5. The molecule has 5 rings (SSSR count). The predicted octanol–water partition coefficient (Wildman–Crippen LogP) is 3.88. The summed E-state index contributed by atoms with van der Waals surface area (Å²) in [6.07, 6.45) is 0.0820. The van der Waals surface area contributed by atoms with E-state index in [2.05, 4.69) is 25.1 Å². The Hall–Kier alpha value is -3.58. The largest absolute Gasteiger partial charge is 0.573 e. The molecule has 3 N–H and O–H groups in total. The van der Waals surface area contributed by atoms with Crippen LogP contribution in [0.4, 0.5) is 23.8 Å². The molecule has 5 heterocycles. The highest BCUT2D eigenvalue weighted by molar-refractivity contribution is 6.31. The number of hydrogen-bond acceptors (Lipinski definition) is 7. The average Bonchev–Trinajstić information content (AvgIpc) is 3.46. The van der Waals surface area contributed by atoms with Gasteiger partial charge in [-0.15, -0.1) is 13.2 Å². The SMILES string of the molecule is CC(NC(=O)N1CCC2(C1)OCCn1nc(-c3cnc(N)c(OC(F)(F)F)c3)cc12)c1ccncc1Cl. The van der Waals surface area contributed by atoms with Crippen LogP contribution in [0.2, 0.25) is 5.02 Å². The molecule has 1 fully saturated rings. The van der Waals surface area contributed by atoms with Crippen molar-refractivity contribution < 1.29 is 27.4 Å². The summed E-state index contributed by atoms with van der Waals surface area (Å²) in [7, 11) is 0. The van der Waals surface area contributed by atoms with Crippen molar-refractivity contribution in [3.05, 3.63) is 53.1 Å². The highest BCUT2D eigenvalue weighted by Gasteiger charge is 2.47. The number of urea groups is 1. The first kappa shape index (κ1) is 25.1. The monoisotopic (exact) mass is 537 g/mol. The molecule has 2 aliphatic rings. The van der Waals surface area contributed by atoms with Gasteiger partial charge in [-0.2, -0.15) is 5.10 Å². The zero-order valence-corrected chi connectivity index (χ0v) is 20.4. The third-order valence-electron chi connectivity index (χ3n) is 6.46. The molecule has 10 nitrogen and oxygen atoms in total. The normalized spacial score (nSPS) is 20.1. The van der Waals surface area contributed by atoms with Gasteiger partial charge in [0.2, 0.25) is 0 Å². The first-order valence-electron chi connectivity index (χ1n) is 11.4. The number of carbonyl (C=O) groups excluding carboxylic acids is 1. The van der Waals surface area contributed by atoms with Gasteiger partial charge in [0.05, 0.1) is 42.1 Å². The molecule has 3 aromatic rings. The number of carbonyl (C=O) groups is 1. The number of rotatable bonds is 4. The van der Waals surface area contributed by atoms with E-state index in [1.165, 1.54) is 12.4 Å². The third kappa shape index (κ3) is 5.01. The molecule has 0 bridgehead atoms. The molecule has 1 spiro atoms. The Morgan fingerprint density at radius 3 is 2.89 bits per heavy atom. The van der Waals surface area contributed by atoms with Gasteiger partial charge in [0, 0.05) is 37.1 Å². The van der Waals surface area contributed by atoms with Crippen molar-refractivity contribution in [1.29, 1.82) is 0 Å². The second-order valence-electron chi connectivity index (χ2n) is 8.88. The van der Waals surface area contributed by atoms with Gasteiger partial charge < -0.3 is 25.4 Å². The van der Waals surface area contributed by atoms with Crippen LogP contribution in [0.3, 0.4) is 0 Å². The Morgan fingerprint density at radius 2 is 2.14 bits per heavy atom. The van der Waals surface area contributed by atoms with Crippen LogP contribution in [-0.2, 0) is 16.9 Å². The molecule has 0 radical (unpaired) electrons. The number of anilines is 1. The maximum atomic E-state index is 13.0. The maximum Gasteiger partial charge on any atom is 0.573 e. The molecule has 2 amide bonds. The molecule has 2 unspecified atom stereocenters. The number of hydrogen-bond donors (Lipinski definition) is 2. The molecular weight excluding hydrogens is 515 g/mol. The average molecular weight is 538 g/mol. The summed E-state index contributed by atoms with van der Waals surface area (Å²) in [6, 6.07) is 4.03. The fraction of sp³-hybridized carbons (Fsp3) is 0.391. The number of aromatic nitrogens is 4. The second kappa shape index (κ2) is 9.38. The first-order valence-corrected chi connectivity index (χ1v) is 11.8. The topological polar surface area (TPSA) is 120 Å². The number of amides is 2. The van der Waals surface area contributed by atoms with E-state index in [4.69, 9.17) is 22.1 Å². The summed E-state index contributed by atoms with van der Waals surface area (Å²) in [5, 5.41) is 7.97. The van der Waals surface area contributed by atoms with Crippen molar-refractivity contribution in [3.63, 3.8) is 0 Å². The molecule has 3 aromatic heterocycles. The molecule has 0 saturated carbocycles. The van der Waals surface area contributed by atoms with Crippen LogP contribution in [0.5, 0.6) is 5.75 Å². The maximum absolute atomic E-state index is 13.0. The minimum absolute atomic E-state index is 0.269. The van der Waals surface area contributed by atoms with Crippen molar-refractivity contribution in [2.24, 2.45) is 0 Å². The number of alkyl halides is 3. The van der Waals surface area contributed by atoms with Crippen molar-refractivity contribution >= 4 is 23.4 Å². The molecule has 1 saturated heterocycles. The van der Waals surface area contributed by atoms with Gasteiger partial charge in [0.15, 0.2) is 11.6 Å². The number of likely N-dealkylation sites (tertiary alicyclic amines) is 1. The fourth-order valence-electron chi connectivity index (χ4n) is 4.67. The van der Waals surface area contributed by atoms with Crippen molar-refractivity contribution in [1.82, 2.24) is 30.0 Å². The van der Waals surface area contributed by atoms with E-state index >= 15 is 0 Å². The van der Waals surface area contributed by atoms with Crippen LogP contribution < -0.4 is 15.8 Å². The van der Waals surface area contributed by atoms with Crippen LogP contribution in [0, 0.1) is 0 Å². The smallest absolute Gasteiger partial charge is 0.402 e. The third-order valence-corrected chi connectivity index (χ3v) is 6.78. The lowest BCUT2D eigenvalue weighted by molar-refractivity contribution is -0.274. The minimum Gasteiger partial charge on any atom is -0.402 e. The fourth-order valence-corrected chi connectivity index (χ4v) is 4.95. The number of halogens is 4. The summed E-state index contributed by atoms with van der Waals surface area (Å²) >= 11 is 6.21. The van der Waals surface area contributed by atoms with Crippen LogP contribution in [0.1, 0.15) is 30.6 Å². The quantitative estimate of drug-likeness (QED) is 0.518. The van der Waals surface area contributed by atoms with Gasteiger partial charge >= 0.3 is 12.4 Å². The lowest BCUT2D eigenvalue weighted by atomic mass is 9.96. The standard InChI is InChI=1S/C23H23ClF3N7O3/c1-13(15-2-4-29-11-16(15)24)31-21(35)33-5-3-22(12-33)19-9-17(32-34(19)6-7-36-22)14-8-18(20(28)30-10-14)37-23(25,26)27/h2,4,8-11,13H,3,5-7,12H2,1H3,(H2,28,30)(H,31,35). The highest BCUT2D eigenvalue weighted by Crippen LogP contribution is 2.40. The number of nitrogen functional groups attached to an aromatic ring is 1. The molecule has 14 heteroatoms. The van der Waals surface area contributed by atoms with Gasteiger partial charge in [-0.1, -0.05) is 11.6 Å². The summed E-state index contributed by atoms with van der Waals surface area (Å²) in [6.45, 7) is 3.38. The predicted molar refractivity (Wildman–Crippen MR) is 127 cm³/mol. The Morgan fingerprint density at radius 1 is 1.32 bits per heavy atom. The van der Waals surface area contributed by atoms with Crippen LogP contribution in [-0.4, -0.2) is 56.7 Å². The van der Waals surface area contributed by atoms with E-state index in [0.29, 0.717) is 42.4 Å². The van der Waals surface area contributed by atoms with Crippen molar-refractivity contribution in [2.75, 3.05) is 25.4 Å². The van der Waals surface area contributed by atoms with E-state index < -0.39 is 17.7 Å². The lowest BCUT2D eigenvalue weighted by Gasteiger charge is -2.34. The van der Waals surface area contributed by atoms with Gasteiger partial charge in [0.1, 0.15) is 5.60 Å². The lowest BCUT2D eigenvalue weighted by Crippen LogP contribution is -2.44. The Kier molecular flexibility index (Phi) is 6.36. The van der Waals surface area contributed by atoms with Gasteiger partial charge in [0.25, 0.3) is 0 Å². The molecular formula is C23H23ClF3N7O3. The van der Waals surface area contributed by atoms with Gasteiger partial charge in [-0.25, -0.2) is 9.78 Å². The van der Waals surface area contributed by atoms with Gasteiger partial charge in [-0.05, 0) is 30.7 Å². The number of nitrogens with two attached hydrogens (primary N) is 1. The van der Waals surface area contributed by atoms with Crippen LogP contribution in [0.25, 0.3) is 11.3 Å². The number of nitrogens with one attached hydrogen (secondary N) is 1. The zero-order chi connectivity index (χ0) is 26.4. The van der Waals surface area contributed by atoms with Gasteiger partial charge in [-0.3, -0.25) is 9.67 Å². The Balaban J connectivity index is 1.35. The summed E-state index contributed by atoms with van der Waals surface area (Å²) in [5.74, 6) is -0.987. The summed E-state index contributed by atoms with van der Waals surface area (Å²) in [4.78, 5) is 22.5. The molecule has 0 aromatic carbocycles. The number of pyridine rings is 2. The molecule has 0 aliphatic carbocycles. The molecule has 2 atom stereocenters. The molecule has 2 aliphatic heterocycles. The van der Waals surface area contributed by atoms with Crippen molar-refractivity contribution in [2.45, 2.75) is 37.9 Å². The Bertz CT molecular complexity index is 1340. The first-order chi connectivity index (χ1) is 17.5. The number of fused-ring (bicyclic) bond motifs is 2. The second-order valence-corrected chi connectivity index (χ2v) is 9.28. The van der Waals surface area contributed by atoms with E-state index in [0.717, 1.165) is 17.3 Å². The zero-order valence-electron chi connectivity index (χ0n) is 19.6. The van der Waals surface area contributed by atoms with E-state index in [1.54, 1.807) is 27.9 Å². The summed E-state index contributed by atoms with van der Waals surface area (Å²) < 4.78 is 50.2. The molecule has 37 heavy (non-hydrogen) atoms. The van der Waals surface area contributed by atoms with Crippen LogP contribution in [0.15, 0.2) is 36.8 Å². The van der Waals surface area contributed by atoms with Crippen molar-refractivity contribution in [3.8, 4) is 17.0 Å². The Labute approximate surface area is 214 Å². The van der Waals surface area contributed by atoms with E-state index in [9.17, 15) is 18.0 Å².